The normalized spacial score (nSPS) is 18.2. The SMILES string of the molecule is O=C(O)C1c2ccccc2CCN1Cc1cccc(F)c1. The molecule has 1 heterocycles. The van der Waals surface area contributed by atoms with Crippen molar-refractivity contribution in [1.29, 1.82) is 0 Å². The van der Waals surface area contributed by atoms with Gasteiger partial charge in [0.05, 0.1) is 0 Å². The summed E-state index contributed by atoms with van der Waals surface area (Å²) in [7, 11) is 0. The molecule has 1 N–H and O–H groups in total. The zero-order valence-corrected chi connectivity index (χ0v) is 11.5. The average Bonchev–Trinajstić information content (AvgIpc) is 2.46. The fourth-order valence-corrected chi connectivity index (χ4v) is 2.95. The molecule has 21 heavy (non-hydrogen) atoms. The van der Waals surface area contributed by atoms with Gasteiger partial charge in [0.2, 0.25) is 0 Å². The molecule has 2 aromatic carbocycles. The van der Waals surface area contributed by atoms with E-state index in [1.807, 2.05) is 35.2 Å². The fourth-order valence-electron chi connectivity index (χ4n) is 2.95. The van der Waals surface area contributed by atoms with Crippen molar-refractivity contribution in [1.82, 2.24) is 4.90 Å². The Hall–Kier alpha value is -2.20. The summed E-state index contributed by atoms with van der Waals surface area (Å²) in [5.74, 6) is -1.16. The summed E-state index contributed by atoms with van der Waals surface area (Å²) >= 11 is 0. The number of hydrogen-bond donors (Lipinski definition) is 1. The Bertz CT molecular complexity index is 671. The Morgan fingerprint density at radius 3 is 2.81 bits per heavy atom. The van der Waals surface area contributed by atoms with Gasteiger partial charge in [-0.1, -0.05) is 36.4 Å². The number of hydrogen-bond acceptors (Lipinski definition) is 2. The second-order valence-corrected chi connectivity index (χ2v) is 5.29. The number of rotatable bonds is 3. The molecule has 0 spiro atoms. The lowest BCUT2D eigenvalue weighted by Crippen LogP contribution is -2.39. The van der Waals surface area contributed by atoms with Gasteiger partial charge in [-0.2, -0.15) is 0 Å². The third kappa shape index (κ3) is 2.81. The minimum absolute atomic E-state index is 0.295. The predicted octanol–water partition coefficient (Wildman–Crippen LogP) is 3.01. The quantitative estimate of drug-likeness (QED) is 0.942. The monoisotopic (exact) mass is 285 g/mol. The van der Waals surface area contributed by atoms with Gasteiger partial charge in [-0.05, 0) is 35.2 Å². The van der Waals surface area contributed by atoms with Crippen LogP contribution in [0, 0.1) is 5.82 Å². The third-order valence-electron chi connectivity index (χ3n) is 3.89. The number of carboxylic acid groups (broad SMARTS) is 1. The lowest BCUT2D eigenvalue weighted by Gasteiger charge is -2.34. The van der Waals surface area contributed by atoms with Gasteiger partial charge < -0.3 is 5.11 Å². The number of aliphatic carboxylic acids is 1. The van der Waals surface area contributed by atoms with E-state index in [1.165, 1.54) is 12.1 Å². The molecule has 1 aliphatic heterocycles. The zero-order valence-electron chi connectivity index (χ0n) is 11.5. The number of nitrogens with zero attached hydrogens (tertiary/aromatic N) is 1. The highest BCUT2D eigenvalue weighted by atomic mass is 19.1. The van der Waals surface area contributed by atoms with Crippen molar-refractivity contribution < 1.29 is 14.3 Å². The van der Waals surface area contributed by atoms with Crippen LogP contribution in [-0.4, -0.2) is 22.5 Å². The molecular weight excluding hydrogens is 269 g/mol. The molecular formula is C17H16FNO2. The van der Waals surface area contributed by atoms with E-state index >= 15 is 0 Å². The molecule has 108 valence electrons. The second-order valence-electron chi connectivity index (χ2n) is 5.29. The summed E-state index contributed by atoms with van der Waals surface area (Å²) < 4.78 is 13.3. The highest BCUT2D eigenvalue weighted by Gasteiger charge is 2.32. The molecule has 0 saturated heterocycles. The summed E-state index contributed by atoms with van der Waals surface area (Å²) in [5.41, 5.74) is 2.72. The van der Waals surface area contributed by atoms with Gasteiger partial charge in [0.1, 0.15) is 11.9 Å². The van der Waals surface area contributed by atoms with Crippen molar-refractivity contribution in [2.24, 2.45) is 0 Å². The minimum atomic E-state index is -0.862. The second kappa shape index (κ2) is 5.66. The van der Waals surface area contributed by atoms with Crippen LogP contribution in [0.4, 0.5) is 4.39 Å². The van der Waals surface area contributed by atoms with Crippen molar-refractivity contribution in [3.63, 3.8) is 0 Å². The molecule has 2 aromatic rings. The predicted molar refractivity (Wildman–Crippen MR) is 77.3 cm³/mol. The summed E-state index contributed by atoms with van der Waals surface area (Å²) in [5, 5.41) is 9.57. The molecule has 3 rings (SSSR count). The molecule has 0 bridgehead atoms. The Morgan fingerprint density at radius 2 is 2.05 bits per heavy atom. The molecule has 4 heteroatoms. The topological polar surface area (TPSA) is 40.5 Å². The number of benzene rings is 2. The maximum absolute atomic E-state index is 13.3. The standard InChI is InChI=1S/C17H16FNO2/c18-14-6-3-4-12(10-14)11-19-9-8-13-5-1-2-7-15(13)16(19)17(20)21/h1-7,10,16H,8-9,11H2,(H,20,21). The number of fused-ring (bicyclic) bond motifs is 1. The highest BCUT2D eigenvalue weighted by Crippen LogP contribution is 2.31. The largest absolute Gasteiger partial charge is 0.480 e. The van der Waals surface area contributed by atoms with Crippen LogP contribution in [0.5, 0.6) is 0 Å². The number of carboxylic acids is 1. The Morgan fingerprint density at radius 1 is 1.24 bits per heavy atom. The maximum Gasteiger partial charge on any atom is 0.325 e. The first-order chi connectivity index (χ1) is 10.1. The van der Waals surface area contributed by atoms with Crippen LogP contribution >= 0.6 is 0 Å². The molecule has 1 aliphatic rings. The lowest BCUT2D eigenvalue weighted by atomic mass is 9.92. The minimum Gasteiger partial charge on any atom is -0.480 e. The molecule has 0 aliphatic carbocycles. The summed E-state index contributed by atoms with van der Waals surface area (Å²) in [6, 6.07) is 13.3. The van der Waals surface area contributed by atoms with Crippen LogP contribution in [0.2, 0.25) is 0 Å². The van der Waals surface area contributed by atoms with Crippen LogP contribution in [0.15, 0.2) is 48.5 Å². The van der Waals surface area contributed by atoms with Gasteiger partial charge in [-0.25, -0.2) is 4.39 Å². The molecule has 0 aromatic heterocycles. The van der Waals surface area contributed by atoms with E-state index in [2.05, 4.69) is 0 Å². The first-order valence-electron chi connectivity index (χ1n) is 6.94. The fraction of sp³-hybridized carbons (Fsp3) is 0.235. The van der Waals surface area contributed by atoms with E-state index in [4.69, 9.17) is 0 Å². The molecule has 3 nitrogen and oxygen atoms in total. The summed E-state index contributed by atoms with van der Waals surface area (Å²) in [6.07, 6.45) is 0.815. The summed E-state index contributed by atoms with van der Waals surface area (Å²) in [6.45, 7) is 1.09. The van der Waals surface area contributed by atoms with E-state index in [0.29, 0.717) is 13.1 Å². The van der Waals surface area contributed by atoms with E-state index in [1.54, 1.807) is 6.07 Å². The summed E-state index contributed by atoms with van der Waals surface area (Å²) in [4.78, 5) is 13.6. The third-order valence-corrected chi connectivity index (χ3v) is 3.89. The van der Waals surface area contributed by atoms with Crippen LogP contribution < -0.4 is 0 Å². The van der Waals surface area contributed by atoms with Crippen LogP contribution in [-0.2, 0) is 17.8 Å². The highest BCUT2D eigenvalue weighted by molar-refractivity contribution is 5.76. The van der Waals surface area contributed by atoms with Crippen molar-refractivity contribution in [2.45, 2.75) is 19.0 Å². The van der Waals surface area contributed by atoms with Crippen molar-refractivity contribution in [3.8, 4) is 0 Å². The van der Waals surface area contributed by atoms with Crippen LogP contribution in [0.25, 0.3) is 0 Å². The van der Waals surface area contributed by atoms with Crippen LogP contribution in [0.1, 0.15) is 22.7 Å². The van der Waals surface area contributed by atoms with E-state index < -0.39 is 12.0 Å². The van der Waals surface area contributed by atoms with Crippen LogP contribution in [0.3, 0.4) is 0 Å². The number of carbonyl (C=O) groups is 1. The molecule has 0 radical (unpaired) electrons. The van der Waals surface area contributed by atoms with Crippen molar-refractivity contribution in [3.05, 3.63) is 71.0 Å². The van der Waals surface area contributed by atoms with Crippen molar-refractivity contribution >= 4 is 5.97 Å². The Balaban J connectivity index is 1.91. The van der Waals surface area contributed by atoms with Crippen molar-refractivity contribution in [2.75, 3.05) is 6.54 Å². The van der Waals surface area contributed by atoms with E-state index in [-0.39, 0.29) is 5.82 Å². The molecule has 0 saturated carbocycles. The van der Waals surface area contributed by atoms with Gasteiger partial charge in [0.15, 0.2) is 0 Å². The molecule has 1 atom stereocenters. The smallest absolute Gasteiger partial charge is 0.325 e. The van der Waals surface area contributed by atoms with E-state index in [9.17, 15) is 14.3 Å². The first kappa shape index (κ1) is 13.8. The van der Waals surface area contributed by atoms with Gasteiger partial charge in [-0.15, -0.1) is 0 Å². The first-order valence-corrected chi connectivity index (χ1v) is 6.94. The van der Waals surface area contributed by atoms with Gasteiger partial charge in [-0.3, -0.25) is 9.69 Å². The molecule has 0 amide bonds. The molecule has 0 fully saturated rings. The Kier molecular flexibility index (Phi) is 3.71. The lowest BCUT2D eigenvalue weighted by molar-refractivity contribution is -0.144. The number of halogens is 1. The average molecular weight is 285 g/mol. The molecule has 1 unspecified atom stereocenters. The zero-order chi connectivity index (χ0) is 14.8. The maximum atomic E-state index is 13.3. The van der Waals surface area contributed by atoms with Gasteiger partial charge >= 0.3 is 5.97 Å². The Labute approximate surface area is 122 Å². The van der Waals surface area contributed by atoms with E-state index in [0.717, 1.165) is 23.1 Å². The van der Waals surface area contributed by atoms with Gasteiger partial charge in [0, 0.05) is 13.1 Å². The van der Waals surface area contributed by atoms with Gasteiger partial charge in [0.25, 0.3) is 0 Å².